The van der Waals surface area contributed by atoms with Gasteiger partial charge in [-0.15, -0.1) is 0 Å². The molecule has 1 rings (SSSR count). The third-order valence-electron chi connectivity index (χ3n) is 2.62. The Morgan fingerprint density at radius 1 is 1.33 bits per heavy atom. The minimum absolute atomic E-state index is 0.194. The summed E-state index contributed by atoms with van der Waals surface area (Å²) in [6.07, 6.45) is 0. The Kier molecular flexibility index (Phi) is 5.60. The Balaban J connectivity index is 2.11. The number of ether oxygens (including phenoxy) is 1. The van der Waals surface area contributed by atoms with Gasteiger partial charge in [0.2, 0.25) is 5.91 Å². The van der Waals surface area contributed by atoms with E-state index in [9.17, 15) is 4.79 Å². The number of carbonyl (C=O) groups is 1. The minimum atomic E-state index is 0.194. The molecule has 1 amide bonds. The molecule has 0 bridgehead atoms. The van der Waals surface area contributed by atoms with Crippen LogP contribution in [0.1, 0.15) is 0 Å². The number of nitrogens with one attached hydrogen (secondary N) is 1. The van der Waals surface area contributed by atoms with Crippen LogP contribution >= 0.6 is 0 Å². The molecule has 0 atom stereocenters. The Labute approximate surface area is 91.4 Å². The Bertz CT molecular complexity index is 191. The zero-order chi connectivity index (χ0) is 11.1. The van der Waals surface area contributed by atoms with Crippen LogP contribution in [0.25, 0.3) is 0 Å². The fourth-order valence-electron chi connectivity index (χ4n) is 1.54. The van der Waals surface area contributed by atoms with E-state index in [4.69, 9.17) is 4.74 Å². The van der Waals surface area contributed by atoms with Crippen molar-refractivity contribution in [1.82, 2.24) is 15.1 Å². The van der Waals surface area contributed by atoms with Gasteiger partial charge in [0.1, 0.15) is 0 Å². The van der Waals surface area contributed by atoms with Crippen LogP contribution < -0.4 is 5.32 Å². The summed E-state index contributed by atoms with van der Waals surface area (Å²) in [6.45, 7) is 5.45. The predicted octanol–water partition coefficient (Wildman–Crippen LogP) is -1.00. The molecule has 5 nitrogen and oxygen atoms in total. The monoisotopic (exact) mass is 215 g/mol. The lowest BCUT2D eigenvalue weighted by Crippen LogP contribution is -2.49. The zero-order valence-corrected chi connectivity index (χ0v) is 9.66. The molecule has 15 heavy (non-hydrogen) atoms. The first-order valence-corrected chi connectivity index (χ1v) is 5.40. The van der Waals surface area contributed by atoms with Crippen LogP contribution in [-0.2, 0) is 9.53 Å². The van der Waals surface area contributed by atoms with Gasteiger partial charge in [0, 0.05) is 39.8 Å². The van der Waals surface area contributed by atoms with Crippen molar-refractivity contribution < 1.29 is 9.53 Å². The first-order chi connectivity index (χ1) is 7.24. The molecule has 1 N–H and O–H groups in total. The molecule has 1 saturated heterocycles. The summed E-state index contributed by atoms with van der Waals surface area (Å²) >= 11 is 0. The van der Waals surface area contributed by atoms with Crippen LogP contribution in [0, 0.1) is 0 Å². The zero-order valence-electron chi connectivity index (χ0n) is 9.66. The van der Waals surface area contributed by atoms with Crippen molar-refractivity contribution in [3.05, 3.63) is 0 Å². The van der Waals surface area contributed by atoms with Gasteiger partial charge in [0.15, 0.2) is 0 Å². The number of amides is 1. The Hall–Kier alpha value is -0.650. The summed E-state index contributed by atoms with van der Waals surface area (Å²) in [7, 11) is 3.74. The van der Waals surface area contributed by atoms with E-state index in [2.05, 4.69) is 17.3 Å². The fourth-order valence-corrected chi connectivity index (χ4v) is 1.54. The lowest BCUT2D eigenvalue weighted by atomic mass is 10.3. The van der Waals surface area contributed by atoms with Crippen molar-refractivity contribution in [2.24, 2.45) is 0 Å². The summed E-state index contributed by atoms with van der Waals surface area (Å²) < 4.78 is 4.89. The number of carbonyl (C=O) groups excluding carboxylic acids is 1. The number of piperazine rings is 1. The quantitative estimate of drug-likeness (QED) is 0.597. The molecule has 0 spiro atoms. The first kappa shape index (κ1) is 12.4. The second-order valence-corrected chi connectivity index (χ2v) is 3.85. The Morgan fingerprint density at radius 3 is 2.60 bits per heavy atom. The summed E-state index contributed by atoms with van der Waals surface area (Å²) in [4.78, 5) is 15.8. The van der Waals surface area contributed by atoms with E-state index in [1.807, 2.05) is 4.90 Å². The molecule has 88 valence electrons. The van der Waals surface area contributed by atoms with E-state index in [1.165, 1.54) is 0 Å². The smallest absolute Gasteiger partial charge is 0.236 e. The van der Waals surface area contributed by atoms with E-state index < -0.39 is 0 Å². The van der Waals surface area contributed by atoms with E-state index >= 15 is 0 Å². The maximum Gasteiger partial charge on any atom is 0.236 e. The van der Waals surface area contributed by atoms with Crippen molar-refractivity contribution >= 4 is 5.91 Å². The van der Waals surface area contributed by atoms with Crippen molar-refractivity contribution in [2.75, 3.05) is 60.0 Å². The number of likely N-dealkylation sites (N-methyl/N-ethyl adjacent to an activating group) is 1. The van der Waals surface area contributed by atoms with Gasteiger partial charge in [-0.3, -0.25) is 4.79 Å². The largest absolute Gasteiger partial charge is 0.383 e. The van der Waals surface area contributed by atoms with E-state index in [0.29, 0.717) is 13.2 Å². The van der Waals surface area contributed by atoms with E-state index in [0.717, 1.165) is 32.7 Å². The second-order valence-electron chi connectivity index (χ2n) is 3.85. The fraction of sp³-hybridized carbons (Fsp3) is 0.900. The molecule has 0 radical (unpaired) electrons. The molecule has 0 aromatic heterocycles. The molecular formula is C10H21N3O2. The molecule has 1 fully saturated rings. The highest BCUT2D eigenvalue weighted by molar-refractivity contribution is 5.78. The topological polar surface area (TPSA) is 44.8 Å². The highest BCUT2D eigenvalue weighted by Gasteiger charge is 2.17. The minimum Gasteiger partial charge on any atom is -0.383 e. The molecule has 1 aliphatic heterocycles. The van der Waals surface area contributed by atoms with Crippen LogP contribution in [-0.4, -0.2) is 75.7 Å². The molecule has 0 aromatic carbocycles. The van der Waals surface area contributed by atoms with Gasteiger partial charge in [0.05, 0.1) is 13.2 Å². The van der Waals surface area contributed by atoms with Crippen LogP contribution in [0.2, 0.25) is 0 Å². The molecule has 1 aliphatic rings. The number of nitrogens with zero attached hydrogens (tertiary/aromatic N) is 2. The maximum atomic E-state index is 11.7. The molecule has 0 aromatic rings. The van der Waals surface area contributed by atoms with Gasteiger partial charge >= 0.3 is 0 Å². The maximum absolute atomic E-state index is 11.7. The molecule has 0 aliphatic carbocycles. The van der Waals surface area contributed by atoms with Crippen LogP contribution in [0.4, 0.5) is 0 Å². The van der Waals surface area contributed by atoms with Crippen molar-refractivity contribution in [2.45, 2.75) is 0 Å². The summed E-state index contributed by atoms with van der Waals surface area (Å²) in [5.74, 6) is 0.194. The highest BCUT2D eigenvalue weighted by atomic mass is 16.5. The summed E-state index contributed by atoms with van der Waals surface area (Å²) in [5.41, 5.74) is 0. The van der Waals surface area contributed by atoms with Crippen LogP contribution in [0.5, 0.6) is 0 Å². The molecular weight excluding hydrogens is 194 g/mol. The normalized spacial score (nSPS) is 18.1. The third kappa shape index (κ3) is 4.59. The lowest BCUT2D eigenvalue weighted by Gasteiger charge is -2.32. The van der Waals surface area contributed by atoms with Crippen molar-refractivity contribution in [3.63, 3.8) is 0 Å². The van der Waals surface area contributed by atoms with Gasteiger partial charge in [-0.25, -0.2) is 0 Å². The van der Waals surface area contributed by atoms with Crippen molar-refractivity contribution in [1.29, 1.82) is 0 Å². The average molecular weight is 215 g/mol. The van der Waals surface area contributed by atoms with E-state index in [-0.39, 0.29) is 5.91 Å². The van der Waals surface area contributed by atoms with Crippen molar-refractivity contribution in [3.8, 4) is 0 Å². The Morgan fingerprint density at radius 2 is 2.00 bits per heavy atom. The van der Waals surface area contributed by atoms with Crippen LogP contribution in [0.3, 0.4) is 0 Å². The summed E-state index contributed by atoms with van der Waals surface area (Å²) in [5, 5.41) is 3.06. The number of rotatable bonds is 5. The predicted molar refractivity (Wildman–Crippen MR) is 58.8 cm³/mol. The van der Waals surface area contributed by atoms with Gasteiger partial charge in [0.25, 0.3) is 0 Å². The van der Waals surface area contributed by atoms with Gasteiger partial charge in [-0.2, -0.15) is 0 Å². The first-order valence-electron chi connectivity index (χ1n) is 5.40. The third-order valence-corrected chi connectivity index (χ3v) is 2.62. The lowest BCUT2D eigenvalue weighted by molar-refractivity contribution is -0.131. The highest BCUT2D eigenvalue weighted by Crippen LogP contribution is 1.98. The van der Waals surface area contributed by atoms with Crippen LogP contribution in [0.15, 0.2) is 0 Å². The van der Waals surface area contributed by atoms with Gasteiger partial charge in [-0.1, -0.05) is 0 Å². The standard InChI is InChI=1S/C10H21N3O2/c1-12-4-6-13(7-5-12)10(14)9-11-3-8-15-2/h11H,3-9H2,1-2H3. The second kappa shape index (κ2) is 6.76. The molecule has 1 heterocycles. The number of hydrogen-bond acceptors (Lipinski definition) is 4. The molecule has 5 heteroatoms. The molecule has 0 saturated carbocycles. The van der Waals surface area contributed by atoms with Gasteiger partial charge in [-0.05, 0) is 7.05 Å². The summed E-state index contributed by atoms with van der Waals surface area (Å²) in [6, 6.07) is 0. The average Bonchev–Trinajstić information content (AvgIpc) is 2.25. The number of methoxy groups -OCH3 is 1. The van der Waals surface area contributed by atoms with Gasteiger partial charge < -0.3 is 19.9 Å². The molecule has 0 unspecified atom stereocenters. The SMILES string of the molecule is COCCNCC(=O)N1CCN(C)CC1. The van der Waals surface area contributed by atoms with E-state index in [1.54, 1.807) is 7.11 Å². The number of hydrogen-bond donors (Lipinski definition) is 1.